The Kier molecular flexibility index (Phi) is 9.31. The summed E-state index contributed by atoms with van der Waals surface area (Å²) in [4.78, 5) is 41.9. The SMILES string of the molecule is COCCOc1cc2cc(C(=O)Nc3cc(C(=O)CC(CN)c4ccccc4)ccc3C)c(=O)[nH]c2cc1OC. The molecule has 9 heteroatoms. The van der Waals surface area contributed by atoms with Crippen molar-refractivity contribution in [3.05, 3.63) is 99.3 Å². The molecule has 0 bridgehead atoms. The van der Waals surface area contributed by atoms with Crippen LogP contribution in [-0.2, 0) is 4.74 Å². The first kappa shape index (κ1) is 28.5. The number of ether oxygens (including phenoxy) is 3. The van der Waals surface area contributed by atoms with Gasteiger partial charge in [-0.15, -0.1) is 0 Å². The average molecular weight is 544 g/mol. The van der Waals surface area contributed by atoms with Crippen LogP contribution in [0.1, 0.15) is 44.2 Å². The molecule has 1 unspecified atom stereocenters. The van der Waals surface area contributed by atoms with E-state index in [0.29, 0.717) is 53.4 Å². The van der Waals surface area contributed by atoms with Gasteiger partial charge in [-0.1, -0.05) is 42.5 Å². The fourth-order valence-corrected chi connectivity index (χ4v) is 4.41. The number of carbonyl (C=O) groups is 2. The summed E-state index contributed by atoms with van der Waals surface area (Å²) in [7, 11) is 3.08. The molecule has 0 aliphatic heterocycles. The predicted molar refractivity (Wildman–Crippen MR) is 155 cm³/mol. The molecule has 0 aliphatic carbocycles. The van der Waals surface area contributed by atoms with E-state index in [1.807, 2.05) is 37.3 Å². The van der Waals surface area contributed by atoms with Crippen LogP contribution in [0.3, 0.4) is 0 Å². The molecule has 40 heavy (non-hydrogen) atoms. The number of ketones is 1. The van der Waals surface area contributed by atoms with Gasteiger partial charge in [-0.2, -0.15) is 0 Å². The number of benzene rings is 3. The topological polar surface area (TPSA) is 133 Å². The highest BCUT2D eigenvalue weighted by atomic mass is 16.5. The molecule has 9 nitrogen and oxygen atoms in total. The summed E-state index contributed by atoms with van der Waals surface area (Å²) in [5.74, 6) is 0.0913. The normalized spacial score (nSPS) is 11.7. The van der Waals surface area contributed by atoms with Gasteiger partial charge in [-0.05, 0) is 42.8 Å². The van der Waals surface area contributed by atoms with Crippen LogP contribution in [0.15, 0.2) is 71.5 Å². The van der Waals surface area contributed by atoms with Crippen LogP contribution in [0.5, 0.6) is 11.5 Å². The number of amides is 1. The molecule has 4 rings (SSSR count). The molecule has 0 aliphatic rings. The predicted octanol–water partition coefficient (Wildman–Crippen LogP) is 4.44. The number of aromatic amines is 1. The van der Waals surface area contributed by atoms with Crippen LogP contribution in [-0.4, -0.2) is 50.7 Å². The van der Waals surface area contributed by atoms with Crippen LogP contribution in [0, 0.1) is 6.92 Å². The lowest BCUT2D eigenvalue weighted by Crippen LogP contribution is -2.23. The first-order valence-corrected chi connectivity index (χ1v) is 12.9. The maximum atomic E-state index is 13.2. The number of pyridine rings is 1. The summed E-state index contributed by atoms with van der Waals surface area (Å²) in [6.07, 6.45) is 0.236. The highest BCUT2D eigenvalue weighted by Gasteiger charge is 2.19. The van der Waals surface area contributed by atoms with Gasteiger partial charge in [0.1, 0.15) is 12.2 Å². The van der Waals surface area contributed by atoms with E-state index in [4.69, 9.17) is 19.9 Å². The van der Waals surface area contributed by atoms with E-state index >= 15 is 0 Å². The maximum Gasteiger partial charge on any atom is 0.261 e. The van der Waals surface area contributed by atoms with E-state index in [2.05, 4.69) is 10.3 Å². The van der Waals surface area contributed by atoms with E-state index in [1.54, 1.807) is 37.4 Å². The summed E-state index contributed by atoms with van der Waals surface area (Å²) >= 11 is 0. The molecule has 1 heterocycles. The molecule has 0 spiro atoms. The minimum absolute atomic E-state index is 0.0797. The lowest BCUT2D eigenvalue weighted by Gasteiger charge is -2.15. The number of carbonyl (C=O) groups excluding carboxylic acids is 2. The number of hydrogen-bond donors (Lipinski definition) is 3. The Morgan fingerprint density at radius 3 is 2.45 bits per heavy atom. The van der Waals surface area contributed by atoms with Crippen molar-refractivity contribution < 1.29 is 23.8 Å². The molecule has 0 radical (unpaired) electrons. The van der Waals surface area contributed by atoms with Crippen LogP contribution >= 0.6 is 0 Å². The highest BCUT2D eigenvalue weighted by Crippen LogP contribution is 2.31. The van der Waals surface area contributed by atoms with Gasteiger partial charge in [0.15, 0.2) is 17.3 Å². The molecule has 1 amide bonds. The van der Waals surface area contributed by atoms with Gasteiger partial charge < -0.3 is 30.2 Å². The zero-order valence-corrected chi connectivity index (χ0v) is 22.8. The number of Topliss-reactive ketones (excluding diaryl/α,β-unsaturated/α-hetero) is 1. The lowest BCUT2D eigenvalue weighted by molar-refractivity contribution is 0.0972. The van der Waals surface area contributed by atoms with E-state index in [9.17, 15) is 14.4 Å². The van der Waals surface area contributed by atoms with Crippen molar-refractivity contribution in [1.82, 2.24) is 4.98 Å². The Labute approximate surface area is 232 Å². The average Bonchev–Trinajstić information content (AvgIpc) is 2.96. The number of nitrogens with two attached hydrogens (primary N) is 1. The fraction of sp³-hybridized carbons (Fsp3) is 0.258. The molecule has 3 aromatic carbocycles. The molecule has 4 aromatic rings. The molecule has 0 fully saturated rings. The monoisotopic (exact) mass is 543 g/mol. The molecular formula is C31H33N3O6. The van der Waals surface area contributed by atoms with Crippen molar-refractivity contribution in [3.63, 3.8) is 0 Å². The Morgan fingerprint density at radius 2 is 1.75 bits per heavy atom. The van der Waals surface area contributed by atoms with Crippen LogP contribution in [0.2, 0.25) is 0 Å². The number of methoxy groups -OCH3 is 2. The van der Waals surface area contributed by atoms with Crippen molar-refractivity contribution in [1.29, 1.82) is 0 Å². The third kappa shape index (κ3) is 6.56. The first-order chi connectivity index (χ1) is 19.3. The first-order valence-electron chi connectivity index (χ1n) is 12.9. The highest BCUT2D eigenvalue weighted by molar-refractivity contribution is 6.07. The number of anilines is 1. The Morgan fingerprint density at radius 1 is 0.975 bits per heavy atom. The lowest BCUT2D eigenvalue weighted by atomic mass is 9.91. The molecule has 0 saturated carbocycles. The molecule has 4 N–H and O–H groups in total. The molecule has 0 saturated heterocycles. The number of H-pyrrole nitrogens is 1. The van der Waals surface area contributed by atoms with Gasteiger partial charge in [0.05, 0.1) is 19.2 Å². The number of hydrogen-bond acceptors (Lipinski definition) is 7. The Balaban J connectivity index is 1.57. The summed E-state index contributed by atoms with van der Waals surface area (Å²) < 4.78 is 16.1. The fourth-order valence-electron chi connectivity index (χ4n) is 4.41. The summed E-state index contributed by atoms with van der Waals surface area (Å²) in [6, 6.07) is 19.6. The van der Waals surface area contributed by atoms with Gasteiger partial charge >= 0.3 is 0 Å². The van der Waals surface area contributed by atoms with Gasteiger partial charge in [-0.3, -0.25) is 14.4 Å². The number of nitrogens with one attached hydrogen (secondary N) is 2. The van der Waals surface area contributed by atoms with Crippen molar-refractivity contribution in [2.45, 2.75) is 19.3 Å². The smallest absolute Gasteiger partial charge is 0.261 e. The largest absolute Gasteiger partial charge is 0.493 e. The number of fused-ring (bicyclic) bond motifs is 1. The minimum Gasteiger partial charge on any atom is -0.493 e. The van der Waals surface area contributed by atoms with Gasteiger partial charge in [0, 0.05) is 42.2 Å². The van der Waals surface area contributed by atoms with Crippen LogP contribution < -0.4 is 26.1 Å². The zero-order chi connectivity index (χ0) is 28.6. The molecule has 1 aromatic heterocycles. The standard InChI is InChI=1S/C31H33N3O6/c1-19-9-10-21(27(35)15-23(18-32)20-7-5-4-6-8-20)14-25(19)33-30(36)24-13-22-16-29(40-12-11-38-2)28(39-3)17-26(22)34-31(24)37/h4-10,13-14,16-17,23H,11-12,15,18,32H2,1-3H3,(H,33,36)(H,34,37). The second-order valence-electron chi connectivity index (χ2n) is 9.40. The third-order valence-electron chi connectivity index (χ3n) is 6.71. The maximum absolute atomic E-state index is 13.2. The quantitative estimate of drug-likeness (QED) is 0.178. The number of aryl methyl sites for hydroxylation is 1. The van der Waals surface area contributed by atoms with Crippen molar-refractivity contribution in [3.8, 4) is 11.5 Å². The Hall–Kier alpha value is -4.47. The van der Waals surface area contributed by atoms with Gasteiger partial charge in [0.25, 0.3) is 11.5 Å². The molecule has 1 atom stereocenters. The zero-order valence-electron chi connectivity index (χ0n) is 22.8. The van der Waals surface area contributed by atoms with Crippen molar-refractivity contribution in [2.75, 3.05) is 39.3 Å². The molecular weight excluding hydrogens is 510 g/mol. The van der Waals surface area contributed by atoms with E-state index in [0.717, 1.165) is 11.1 Å². The Bertz CT molecular complexity index is 1570. The summed E-state index contributed by atoms with van der Waals surface area (Å²) in [5, 5.41) is 3.39. The minimum atomic E-state index is -0.599. The number of rotatable bonds is 12. The second-order valence-corrected chi connectivity index (χ2v) is 9.40. The summed E-state index contributed by atoms with van der Waals surface area (Å²) in [5.41, 5.74) is 8.46. The van der Waals surface area contributed by atoms with E-state index in [1.165, 1.54) is 13.2 Å². The van der Waals surface area contributed by atoms with Crippen LogP contribution in [0.4, 0.5) is 5.69 Å². The third-order valence-corrected chi connectivity index (χ3v) is 6.71. The van der Waals surface area contributed by atoms with E-state index in [-0.39, 0.29) is 23.7 Å². The second kappa shape index (κ2) is 13.1. The van der Waals surface area contributed by atoms with Crippen molar-refractivity contribution in [2.24, 2.45) is 5.73 Å². The number of aromatic nitrogens is 1. The van der Waals surface area contributed by atoms with Crippen LogP contribution in [0.25, 0.3) is 10.9 Å². The van der Waals surface area contributed by atoms with Gasteiger partial charge in [-0.25, -0.2) is 0 Å². The summed E-state index contributed by atoms with van der Waals surface area (Å²) in [6.45, 7) is 2.85. The van der Waals surface area contributed by atoms with E-state index < -0.39 is 11.5 Å². The van der Waals surface area contributed by atoms with Crippen molar-refractivity contribution >= 4 is 28.3 Å². The molecule has 208 valence electrons. The van der Waals surface area contributed by atoms with Gasteiger partial charge in [0.2, 0.25) is 0 Å².